The van der Waals surface area contributed by atoms with E-state index in [1.165, 1.54) is 10.4 Å². The van der Waals surface area contributed by atoms with Gasteiger partial charge in [-0.15, -0.1) is 11.3 Å². The van der Waals surface area contributed by atoms with Crippen molar-refractivity contribution in [3.8, 4) is 0 Å². The lowest BCUT2D eigenvalue weighted by molar-refractivity contribution is -0.125. The van der Waals surface area contributed by atoms with Crippen LogP contribution in [0.2, 0.25) is 0 Å². The number of thiophene rings is 1. The van der Waals surface area contributed by atoms with Crippen molar-refractivity contribution >= 4 is 23.2 Å². The standard InChI is InChI=1S/C11H14N2O2S/c1-2-7-3-4-16-9(7)6-12-8-5-10(14)13-11(8)15/h3-4,8,12H,2,5-6H2,1H3,(H,13,14,15). The van der Waals surface area contributed by atoms with Crippen LogP contribution >= 0.6 is 11.3 Å². The highest BCUT2D eigenvalue weighted by atomic mass is 32.1. The Morgan fingerprint density at radius 3 is 3.00 bits per heavy atom. The van der Waals surface area contributed by atoms with Crippen molar-refractivity contribution in [1.82, 2.24) is 10.6 Å². The largest absolute Gasteiger partial charge is 0.300 e. The lowest BCUT2D eigenvalue weighted by Gasteiger charge is -2.08. The monoisotopic (exact) mass is 238 g/mol. The Balaban J connectivity index is 1.92. The molecular formula is C11H14N2O2S. The third-order valence-corrected chi connectivity index (χ3v) is 3.66. The second kappa shape index (κ2) is 4.76. The van der Waals surface area contributed by atoms with Crippen molar-refractivity contribution in [2.24, 2.45) is 0 Å². The minimum Gasteiger partial charge on any atom is -0.300 e. The zero-order chi connectivity index (χ0) is 11.5. The Kier molecular flexibility index (Phi) is 3.36. The van der Waals surface area contributed by atoms with E-state index >= 15 is 0 Å². The zero-order valence-corrected chi connectivity index (χ0v) is 9.89. The molecule has 0 aromatic carbocycles. The number of nitrogens with one attached hydrogen (secondary N) is 2. The number of carbonyl (C=O) groups is 2. The Bertz CT molecular complexity index is 414. The molecular weight excluding hydrogens is 224 g/mol. The second-order valence-electron chi connectivity index (χ2n) is 3.77. The van der Waals surface area contributed by atoms with Gasteiger partial charge < -0.3 is 5.32 Å². The third kappa shape index (κ3) is 2.31. The molecule has 5 heteroatoms. The summed E-state index contributed by atoms with van der Waals surface area (Å²) in [5.41, 5.74) is 1.31. The van der Waals surface area contributed by atoms with E-state index in [0.29, 0.717) is 6.54 Å². The van der Waals surface area contributed by atoms with E-state index in [2.05, 4.69) is 29.0 Å². The van der Waals surface area contributed by atoms with E-state index in [1.54, 1.807) is 11.3 Å². The predicted octanol–water partition coefficient (Wildman–Crippen LogP) is 0.815. The van der Waals surface area contributed by atoms with E-state index in [0.717, 1.165) is 6.42 Å². The summed E-state index contributed by atoms with van der Waals surface area (Å²) >= 11 is 1.68. The van der Waals surface area contributed by atoms with Gasteiger partial charge in [0.25, 0.3) is 0 Å². The van der Waals surface area contributed by atoms with Crippen LogP contribution in [-0.2, 0) is 22.6 Å². The van der Waals surface area contributed by atoms with Crippen molar-refractivity contribution in [2.45, 2.75) is 32.4 Å². The molecule has 0 bridgehead atoms. The zero-order valence-electron chi connectivity index (χ0n) is 9.08. The molecule has 0 radical (unpaired) electrons. The van der Waals surface area contributed by atoms with Gasteiger partial charge in [0.2, 0.25) is 11.8 Å². The highest BCUT2D eigenvalue weighted by Gasteiger charge is 2.29. The van der Waals surface area contributed by atoms with Crippen molar-refractivity contribution in [1.29, 1.82) is 0 Å². The van der Waals surface area contributed by atoms with Gasteiger partial charge in [0.1, 0.15) is 0 Å². The van der Waals surface area contributed by atoms with E-state index in [9.17, 15) is 9.59 Å². The summed E-state index contributed by atoms with van der Waals surface area (Å²) in [6, 6.07) is 1.74. The van der Waals surface area contributed by atoms with Crippen LogP contribution in [0, 0.1) is 0 Å². The van der Waals surface area contributed by atoms with Crippen molar-refractivity contribution < 1.29 is 9.59 Å². The Morgan fingerprint density at radius 2 is 2.38 bits per heavy atom. The van der Waals surface area contributed by atoms with Crippen LogP contribution in [0.5, 0.6) is 0 Å². The summed E-state index contributed by atoms with van der Waals surface area (Å²) in [6.07, 6.45) is 1.25. The smallest absolute Gasteiger partial charge is 0.244 e. The van der Waals surface area contributed by atoms with E-state index < -0.39 is 0 Å². The quantitative estimate of drug-likeness (QED) is 0.763. The Labute approximate surface area is 98.0 Å². The van der Waals surface area contributed by atoms with Crippen LogP contribution in [0.15, 0.2) is 11.4 Å². The molecule has 1 aliphatic rings. The minimum atomic E-state index is -0.362. The highest BCUT2D eigenvalue weighted by Crippen LogP contribution is 2.17. The maximum Gasteiger partial charge on any atom is 0.244 e. The van der Waals surface area contributed by atoms with Crippen molar-refractivity contribution in [3.05, 3.63) is 21.9 Å². The SMILES string of the molecule is CCc1ccsc1CNC1CC(=O)NC1=O. The first-order valence-corrected chi connectivity index (χ1v) is 6.21. The average Bonchev–Trinajstić information content (AvgIpc) is 2.81. The van der Waals surface area contributed by atoms with Crippen molar-refractivity contribution in [2.75, 3.05) is 0 Å². The van der Waals surface area contributed by atoms with Crippen LogP contribution in [0.25, 0.3) is 0 Å². The first-order chi connectivity index (χ1) is 7.70. The predicted molar refractivity (Wildman–Crippen MR) is 62.1 cm³/mol. The van der Waals surface area contributed by atoms with Crippen molar-refractivity contribution in [3.63, 3.8) is 0 Å². The van der Waals surface area contributed by atoms with Gasteiger partial charge in [0, 0.05) is 11.4 Å². The average molecular weight is 238 g/mol. The normalized spacial score (nSPS) is 20.2. The molecule has 2 N–H and O–H groups in total. The molecule has 1 atom stereocenters. The van der Waals surface area contributed by atoms with E-state index in [4.69, 9.17) is 0 Å². The molecule has 1 saturated heterocycles. The fourth-order valence-electron chi connectivity index (χ4n) is 1.77. The maximum absolute atomic E-state index is 11.3. The van der Waals surface area contributed by atoms with E-state index in [-0.39, 0.29) is 24.3 Å². The number of amides is 2. The fraction of sp³-hybridized carbons (Fsp3) is 0.455. The van der Waals surface area contributed by atoms with Gasteiger partial charge >= 0.3 is 0 Å². The molecule has 2 rings (SSSR count). The molecule has 86 valence electrons. The topological polar surface area (TPSA) is 58.2 Å². The lowest BCUT2D eigenvalue weighted by Crippen LogP contribution is -2.35. The highest BCUT2D eigenvalue weighted by molar-refractivity contribution is 7.10. The van der Waals surface area contributed by atoms with Gasteiger partial charge in [0.05, 0.1) is 12.5 Å². The molecule has 0 spiro atoms. The molecule has 1 aromatic heterocycles. The number of rotatable bonds is 4. The molecule has 1 unspecified atom stereocenters. The van der Waals surface area contributed by atoms with Crippen LogP contribution in [0.4, 0.5) is 0 Å². The lowest BCUT2D eigenvalue weighted by atomic mass is 10.2. The summed E-state index contributed by atoms with van der Waals surface area (Å²) in [6.45, 7) is 2.77. The number of imide groups is 1. The van der Waals surface area contributed by atoms with Crippen LogP contribution in [0.1, 0.15) is 23.8 Å². The summed E-state index contributed by atoms with van der Waals surface area (Å²) < 4.78 is 0. The first-order valence-electron chi connectivity index (χ1n) is 5.33. The number of hydrogen-bond acceptors (Lipinski definition) is 4. The molecule has 1 aromatic rings. The van der Waals surface area contributed by atoms with Gasteiger partial charge in [-0.2, -0.15) is 0 Å². The maximum atomic E-state index is 11.3. The molecule has 4 nitrogen and oxygen atoms in total. The molecule has 2 amide bonds. The van der Waals surface area contributed by atoms with Gasteiger partial charge in [0.15, 0.2) is 0 Å². The number of carbonyl (C=O) groups excluding carboxylic acids is 2. The van der Waals surface area contributed by atoms with E-state index in [1.807, 2.05) is 0 Å². The summed E-state index contributed by atoms with van der Waals surface area (Å²) in [5, 5.41) is 7.46. The first kappa shape index (κ1) is 11.3. The Hall–Kier alpha value is -1.20. The van der Waals surface area contributed by atoms with Crippen LogP contribution < -0.4 is 10.6 Å². The third-order valence-electron chi connectivity index (χ3n) is 2.70. The van der Waals surface area contributed by atoms with Gasteiger partial charge in [-0.25, -0.2) is 0 Å². The molecule has 16 heavy (non-hydrogen) atoms. The molecule has 0 aliphatic carbocycles. The molecule has 1 aliphatic heterocycles. The van der Waals surface area contributed by atoms with Gasteiger partial charge in [-0.1, -0.05) is 6.92 Å². The fourth-order valence-corrected chi connectivity index (χ4v) is 2.70. The molecule has 2 heterocycles. The number of aryl methyl sites for hydroxylation is 1. The Morgan fingerprint density at radius 1 is 1.56 bits per heavy atom. The summed E-state index contributed by atoms with van der Waals surface area (Å²) in [5.74, 6) is -0.399. The van der Waals surface area contributed by atoms with Gasteiger partial charge in [-0.05, 0) is 23.4 Å². The summed E-state index contributed by atoms with van der Waals surface area (Å²) in [4.78, 5) is 23.5. The second-order valence-corrected chi connectivity index (χ2v) is 4.77. The number of hydrogen-bond donors (Lipinski definition) is 2. The minimum absolute atomic E-state index is 0.190. The van der Waals surface area contributed by atoms with Crippen LogP contribution in [-0.4, -0.2) is 17.9 Å². The van der Waals surface area contributed by atoms with Gasteiger partial charge in [-0.3, -0.25) is 14.9 Å². The van der Waals surface area contributed by atoms with Crippen LogP contribution in [0.3, 0.4) is 0 Å². The molecule has 1 fully saturated rings. The molecule has 0 saturated carbocycles. The summed E-state index contributed by atoms with van der Waals surface area (Å²) in [7, 11) is 0.